The first-order valence-electron chi connectivity index (χ1n) is 5.31. The van der Waals surface area contributed by atoms with Crippen molar-refractivity contribution < 1.29 is 13.2 Å². The van der Waals surface area contributed by atoms with Crippen LogP contribution >= 0.6 is 0 Å². The van der Waals surface area contributed by atoms with Crippen LogP contribution in [0.2, 0.25) is 0 Å². The van der Waals surface area contributed by atoms with E-state index >= 15 is 0 Å². The van der Waals surface area contributed by atoms with Crippen LogP contribution in [-0.4, -0.2) is 43.3 Å². The SMILES string of the molecule is CC(C)N(C)CC1CC(C(F)(F)F)CN1. The topological polar surface area (TPSA) is 15.3 Å². The summed E-state index contributed by atoms with van der Waals surface area (Å²) in [5.74, 6) is -1.16. The second kappa shape index (κ2) is 4.70. The maximum Gasteiger partial charge on any atom is 0.393 e. The van der Waals surface area contributed by atoms with E-state index in [4.69, 9.17) is 0 Å². The minimum atomic E-state index is -4.04. The first kappa shape index (κ1) is 12.8. The highest BCUT2D eigenvalue weighted by atomic mass is 19.4. The number of halogens is 3. The van der Waals surface area contributed by atoms with Crippen molar-refractivity contribution in [3.05, 3.63) is 0 Å². The third-order valence-corrected chi connectivity index (χ3v) is 3.07. The lowest BCUT2D eigenvalue weighted by Crippen LogP contribution is -2.38. The molecular formula is C10H19F3N2. The summed E-state index contributed by atoms with van der Waals surface area (Å²) in [6, 6.07) is 0.348. The predicted octanol–water partition coefficient (Wildman–Crippen LogP) is 1.87. The molecule has 15 heavy (non-hydrogen) atoms. The Morgan fingerprint density at radius 2 is 2.00 bits per heavy atom. The van der Waals surface area contributed by atoms with Crippen molar-refractivity contribution >= 4 is 0 Å². The van der Waals surface area contributed by atoms with E-state index in [9.17, 15) is 13.2 Å². The standard InChI is InChI=1S/C10H19F3N2/c1-7(2)15(3)6-9-4-8(5-14-9)10(11,12)13/h7-9,14H,4-6H2,1-3H3. The van der Waals surface area contributed by atoms with Gasteiger partial charge in [-0.05, 0) is 27.3 Å². The highest BCUT2D eigenvalue weighted by molar-refractivity contribution is 4.87. The molecule has 0 aromatic heterocycles. The van der Waals surface area contributed by atoms with Gasteiger partial charge in [-0.3, -0.25) is 0 Å². The number of nitrogens with zero attached hydrogens (tertiary/aromatic N) is 1. The summed E-state index contributed by atoms with van der Waals surface area (Å²) >= 11 is 0. The van der Waals surface area contributed by atoms with Crippen molar-refractivity contribution in [1.29, 1.82) is 0 Å². The van der Waals surface area contributed by atoms with Crippen molar-refractivity contribution in [2.75, 3.05) is 20.1 Å². The Morgan fingerprint density at radius 3 is 2.40 bits per heavy atom. The summed E-state index contributed by atoms with van der Waals surface area (Å²) in [5.41, 5.74) is 0. The van der Waals surface area contributed by atoms with E-state index in [0.29, 0.717) is 12.6 Å². The fourth-order valence-corrected chi connectivity index (χ4v) is 1.77. The second-order valence-corrected chi connectivity index (χ2v) is 4.61. The average Bonchev–Trinajstić information content (AvgIpc) is 2.51. The maximum atomic E-state index is 12.4. The van der Waals surface area contributed by atoms with E-state index in [1.54, 1.807) is 0 Å². The molecule has 2 unspecified atom stereocenters. The Kier molecular flexibility index (Phi) is 4.00. The lowest BCUT2D eigenvalue weighted by Gasteiger charge is -2.24. The first-order valence-corrected chi connectivity index (χ1v) is 5.31. The van der Waals surface area contributed by atoms with Gasteiger partial charge in [0.1, 0.15) is 0 Å². The van der Waals surface area contributed by atoms with Crippen LogP contribution in [0.3, 0.4) is 0 Å². The van der Waals surface area contributed by atoms with Crippen LogP contribution in [0.4, 0.5) is 13.2 Å². The van der Waals surface area contributed by atoms with Gasteiger partial charge in [0.05, 0.1) is 5.92 Å². The van der Waals surface area contributed by atoms with E-state index in [0.717, 1.165) is 0 Å². The number of nitrogens with one attached hydrogen (secondary N) is 1. The monoisotopic (exact) mass is 224 g/mol. The zero-order valence-corrected chi connectivity index (χ0v) is 9.43. The second-order valence-electron chi connectivity index (χ2n) is 4.61. The molecule has 1 aliphatic rings. The molecule has 1 fully saturated rings. The molecule has 1 saturated heterocycles. The molecule has 0 aromatic rings. The molecule has 90 valence electrons. The Morgan fingerprint density at radius 1 is 1.40 bits per heavy atom. The molecule has 2 nitrogen and oxygen atoms in total. The minimum Gasteiger partial charge on any atom is -0.312 e. The van der Waals surface area contributed by atoms with Crippen LogP contribution < -0.4 is 5.32 Å². The smallest absolute Gasteiger partial charge is 0.312 e. The Hall–Kier alpha value is -0.290. The van der Waals surface area contributed by atoms with Gasteiger partial charge < -0.3 is 10.2 Å². The van der Waals surface area contributed by atoms with Crippen LogP contribution in [0.5, 0.6) is 0 Å². The lowest BCUT2D eigenvalue weighted by atomic mass is 10.0. The fraction of sp³-hybridized carbons (Fsp3) is 1.00. The van der Waals surface area contributed by atoms with Crippen molar-refractivity contribution in [3.8, 4) is 0 Å². The van der Waals surface area contributed by atoms with Crippen molar-refractivity contribution in [2.24, 2.45) is 5.92 Å². The van der Waals surface area contributed by atoms with E-state index in [-0.39, 0.29) is 19.0 Å². The number of hydrogen-bond donors (Lipinski definition) is 1. The summed E-state index contributed by atoms with van der Waals surface area (Å²) < 4.78 is 37.1. The fourth-order valence-electron chi connectivity index (χ4n) is 1.77. The van der Waals surface area contributed by atoms with Gasteiger partial charge in [-0.1, -0.05) is 0 Å². The van der Waals surface area contributed by atoms with E-state index in [1.807, 2.05) is 20.9 Å². The lowest BCUT2D eigenvalue weighted by molar-refractivity contribution is -0.169. The van der Waals surface area contributed by atoms with Gasteiger partial charge in [0.25, 0.3) is 0 Å². The Balaban J connectivity index is 2.37. The molecule has 0 saturated carbocycles. The van der Waals surface area contributed by atoms with Crippen LogP contribution in [0, 0.1) is 5.92 Å². The molecular weight excluding hydrogens is 205 g/mol. The Bertz CT molecular complexity index is 203. The number of rotatable bonds is 3. The predicted molar refractivity (Wildman–Crippen MR) is 53.7 cm³/mol. The van der Waals surface area contributed by atoms with Gasteiger partial charge in [0.2, 0.25) is 0 Å². The Labute approximate surface area is 88.8 Å². The molecule has 1 aliphatic heterocycles. The zero-order valence-electron chi connectivity index (χ0n) is 9.43. The van der Waals surface area contributed by atoms with Crippen molar-refractivity contribution in [2.45, 2.75) is 38.5 Å². The van der Waals surface area contributed by atoms with Gasteiger partial charge in [0, 0.05) is 25.2 Å². The van der Waals surface area contributed by atoms with Crippen molar-refractivity contribution in [3.63, 3.8) is 0 Å². The highest BCUT2D eigenvalue weighted by Crippen LogP contribution is 2.32. The average molecular weight is 224 g/mol. The molecule has 0 aromatic carbocycles. The molecule has 0 spiro atoms. The third-order valence-electron chi connectivity index (χ3n) is 3.07. The molecule has 2 atom stereocenters. The molecule has 1 heterocycles. The number of likely N-dealkylation sites (N-methyl/N-ethyl adjacent to an activating group) is 1. The largest absolute Gasteiger partial charge is 0.393 e. The van der Waals surface area contributed by atoms with E-state index < -0.39 is 12.1 Å². The van der Waals surface area contributed by atoms with Gasteiger partial charge in [-0.25, -0.2) is 0 Å². The van der Waals surface area contributed by atoms with Crippen LogP contribution in [0.15, 0.2) is 0 Å². The minimum absolute atomic E-state index is 0.0241. The summed E-state index contributed by atoms with van der Waals surface area (Å²) in [6.45, 7) is 4.83. The summed E-state index contributed by atoms with van der Waals surface area (Å²) in [4.78, 5) is 2.07. The zero-order chi connectivity index (χ0) is 11.6. The number of hydrogen-bond acceptors (Lipinski definition) is 2. The molecule has 0 bridgehead atoms. The third kappa shape index (κ3) is 3.65. The molecule has 0 radical (unpaired) electrons. The van der Waals surface area contributed by atoms with E-state index in [1.165, 1.54) is 0 Å². The quantitative estimate of drug-likeness (QED) is 0.787. The highest BCUT2D eigenvalue weighted by Gasteiger charge is 2.44. The molecule has 1 N–H and O–H groups in total. The maximum absolute atomic E-state index is 12.4. The summed E-state index contributed by atoms with van der Waals surface area (Å²) in [6.07, 6.45) is -3.83. The van der Waals surface area contributed by atoms with Gasteiger partial charge >= 0.3 is 6.18 Å². The summed E-state index contributed by atoms with van der Waals surface area (Å²) in [5, 5.41) is 2.94. The van der Waals surface area contributed by atoms with Gasteiger partial charge in [-0.2, -0.15) is 13.2 Å². The molecule has 0 aliphatic carbocycles. The van der Waals surface area contributed by atoms with Gasteiger partial charge in [0.15, 0.2) is 0 Å². The van der Waals surface area contributed by atoms with Crippen molar-refractivity contribution in [1.82, 2.24) is 10.2 Å². The van der Waals surface area contributed by atoms with Crippen LogP contribution in [0.1, 0.15) is 20.3 Å². The van der Waals surface area contributed by atoms with Crippen LogP contribution in [0.25, 0.3) is 0 Å². The molecule has 1 rings (SSSR count). The van der Waals surface area contributed by atoms with E-state index in [2.05, 4.69) is 10.2 Å². The van der Waals surface area contributed by atoms with Crippen LogP contribution in [-0.2, 0) is 0 Å². The molecule has 0 amide bonds. The normalized spacial score (nSPS) is 28.0. The first-order chi connectivity index (χ1) is 6.80. The molecule has 5 heteroatoms. The van der Waals surface area contributed by atoms with Gasteiger partial charge in [-0.15, -0.1) is 0 Å². The summed E-state index contributed by atoms with van der Waals surface area (Å²) in [7, 11) is 1.94. The number of alkyl halides is 3.